The zero-order valence-electron chi connectivity index (χ0n) is 20.4. The Morgan fingerprint density at radius 1 is 1.19 bits per heavy atom. The molecular formula is C23H38N2O4SSi. The van der Waals surface area contributed by atoms with Crippen LogP contribution >= 0.6 is 11.8 Å². The molecule has 2 atom stereocenters. The van der Waals surface area contributed by atoms with Crippen LogP contribution in [0.25, 0.3) is 0 Å². The Kier molecular flexibility index (Phi) is 8.27. The van der Waals surface area contributed by atoms with Gasteiger partial charge in [0.2, 0.25) is 0 Å². The molecule has 0 bridgehead atoms. The van der Waals surface area contributed by atoms with E-state index in [4.69, 9.17) is 13.9 Å². The third-order valence-electron chi connectivity index (χ3n) is 5.49. The zero-order chi connectivity index (χ0) is 23.4. The predicted molar refractivity (Wildman–Crippen MR) is 132 cm³/mol. The molecule has 0 amide bonds. The number of ether oxygens (including phenoxy) is 2. The lowest BCUT2D eigenvalue weighted by molar-refractivity contribution is -0.165. The van der Waals surface area contributed by atoms with Crippen molar-refractivity contribution < 1.29 is 18.7 Å². The van der Waals surface area contributed by atoms with Gasteiger partial charge in [0.15, 0.2) is 19.6 Å². The average molecular weight is 467 g/mol. The molecule has 8 heteroatoms. The second-order valence-electron chi connectivity index (χ2n) is 10.3. The van der Waals surface area contributed by atoms with E-state index in [0.29, 0.717) is 5.75 Å². The number of carbonyl (C=O) groups is 1. The zero-order valence-corrected chi connectivity index (χ0v) is 22.2. The monoisotopic (exact) mass is 466 g/mol. The summed E-state index contributed by atoms with van der Waals surface area (Å²) < 4.78 is 17.9. The van der Waals surface area contributed by atoms with E-state index >= 15 is 0 Å². The van der Waals surface area contributed by atoms with E-state index in [2.05, 4.69) is 44.2 Å². The maximum atomic E-state index is 12.8. The SMILES string of the molecule is CSC1=N[C@@H](c2ccc(OC[C@@H](O[Si](C)(C)C(C)(C)C)C(=O)OC(C)(C)C)cc2)CN1. The van der Waals surface area contributed by atoms with Crippen molar-refractivity contribution in [3.8, 4) is 5.75 Å². The third kappa shape index (κ3) is 7.54. The Labute approximate surface area is 192 Å². The van der Waals surface area contributed by atoms with Gasteiger partial charge in [0, 0.05) is 6.54 Å². The van der Waals surface area contributed by atoms with Crippen molar-refractivity contribution in [2.24, 2.45) is 4.99 Å². The van der Waals surface area contributed by atoms with Gasteiger partial charge in [-0.25, -0.2) is 4.79 Å². The second kappa shape index (κ2) is 9.96. The summed E-state index contributed by atoms with van der Waals surface area (Å²) in [6.07, 6.45) is 1.24. The number of carbonyl (C=O) groups excluding carboxylic acids is 1. The van der Waals surface area contributed by atoms with Gasteiger partial charge in [-0.3, -0.25) is 4.99 Å². The minimum absolute atomic E-state index is 0.0274. The van der Waals surface area contributed by atoms with Gasteiger partial charge >= 0.3 is 5.97 Å². The van der Waals surface area contributed by atoms with Gasteiger partial charge in [0.25, 0.3) is 0 Å². The normalized spacial score (nSPS) is 18.2. The molecule has 0 spiro atoms. The van der Waals surface area contributed by atoms with Crippen molar-refractivity contribution >= 4 is 31.2 Å². The number of hydrogen-bond donors (Lipinski definition) is 1. The first-order valence-electron chi connectivity index (χ1n) is 10.7. The summed E-state index contributed by atoms with van der Waals surface area (Å²) >= 11 is 1.62. The van der Waals surface area contributed by atoms with Gasteiger partial charge in [-0.2, -0.15) is 0 Å². The summed E-state index contributed by atoms with van der Waals surface area (Å²) in [4.78, 5) is 17.5. The molecule has 1 heterocycles. The van der Waals surface area contributed by atoms with Crippen molar-refractivity contribution in [3.05, 3.63) is 29.8 Å². The number of nitrogens with zero attached hydrogens (tertiary/aromatic N) is 1. The van der Waals surface area contributed by atoms with Gasteiger partial charge < -0.3 is 19.2 Å². The number of thioether (sulfide) groups is 1. The van der Waals surface area contributed by atoms with E-state index < -0.39 is 20.0 Å². The molecule has 174 valence electrons. The fourth-order valence-electron chi connectivity index (χ4n) is 2.74. The van der Waals surface area contributed by atoms with Gasteiger partial charge in [-0.15, -0.1) is 0 Å². The third-order valence-corrected chi connectivity index (χ3v) is 10.6. The molecule has 1 aliphatic rings. The predicted octanol–water partition coefficient (Wildman–Crippen LogP) is 5.16. The Morgan fingerprint density at radius 2 is 1.81 bits per heavy atom. The molecule has 6 nitrogen and oxygen atoms in total. The lowest BCUT2D eigenvalue weighted by Crippen LogP contribution is -2.49. The summed E-state index contributed by atoms with van der Waals surface area (Å²) in [7, 11) is -2.19. The van der Waals surface area contributed by atoms with Crippen molar-refractivity contribution in [2.45, 2.75) is 77.4 Å². The van der Waals surface area contributed by atoms with Crippen LogP contribution in [-0.4, -0.2) is 50.6 Å². The first kappa shape index (κ1) is 25.7. The van der Waals surface area contributed by atoms with Crippen molar-refractivity contribution in [1.82, 2.24) is 5.32 Å². The number of nitrogens with one attached hydrogen (secondary N) is 1. The number of benzene rings is 1. The second-order valence-corrected chi connectivity index (χ2v) is 15.9. The molecule has 0 fully saturated rings. The lowest BCUT2D eigenvalue weighted by Gasteiger charge is -2.39. The van der Waals surface area contributed by atoms with Crippen LogP contribution in [0.5, 0.6) is 5.75 Å². The van der Waals surface area contributed by atoms with Crippen LogP contribution in [0, 0.1) is 0 Å². The smallest absolute Gasteiger partial charge is 0.338 e. The maximum absolute atomic E-state index is 12.8. The van der Waals surface area contributed by atoms with E-state index in [1.165, 1.54) is 0 Å². The molecule has 1 aliphatic heterocycles. The summed E-state index contributed by atoms with van der Waals surface area (Å²) in [6, 6.07) is 7.99. The molecule has 1 N–H and O–H groups in total. The van der Waals surface area contributed by atoms with E-state index in [1.54, 1.807) is 11.8 Å². The van der Waals surface area contributed by atoms with Gasteiger partial charge in [-0.1, -0.05) is 44.7 Å². The maximum Gasteiger partial charge on any atom is 0.338 e. The molecule has 0 unspecified atom stereocenters. The van der Waals surface area contributed by atoms with Gasteiger partial charge in [-0.05, 0) is 62.9 Å². The fourth-order valence-corrected chi connectivity index (χ4v) is 4.43. The quantitative estimate of drug-likeness (QED) is 0.442. The van der Waals surface area contributed by atoms with Gasteiger partial charge in [0.1, 0.15) is 18.0 Å². The van der Waals surface area contributed by atoms with Crippen LogP contribution in [0.4, 0.5) is 0 Å². The molecule has 0 radical (unpaired) electrons. The van der Waals surface area contributed by atoms with Crippen LogP contribution in [-0.2, 0) is 14.0 Å². The topological polar surface area (TPSA) is 69.2 Å². The first-order valence-corrected chi connectivity index (χ1v) is 14.8. The fraction of sp³-hybridized carbons (Fsp3) is 0.652. The standard InChI is InChI=1S/C23H38N2O4SSi/c1-22(2,3)28-20(26)19(29-31(8,9)23(4,5)6)15-27-17-12-10-16(11-13-17)18-14-24-21(25-18)30-7/h10-13,18-19H,14-15H2,1-9H3,(H,24,25)/t18-,19-/m1/s1. The summed E-state index contributed by atoms with van der Waals surface area (Å²) in [5.41, 5.74) is 0.546. The molecule has 0 aliphatic carbocycles. The van der Waals surface area contributed by atoms with Crippen LogP contribution in [0.3, 0.4) is 0 Å². The highest BCUT2D eigenvalue weighted by molar-refractivity contribution is 8.13. The molecule has 31 heavy (non-hydrogen) atoms. The minimum atomic E-state index is -2.19. The van der Waals surface area contributed by atoms with E-state index in [9.17, 15) is 4.79 Å². The largest absolute Gasteiger partial charge is 0.490 e. The number of hydrogen-bond acceptors (Lipinski definition) is 7. The summed E-state index contributed by atoms with van der Waals surface area (Å²) in [6.45, 7) is 17.2. The van der Waals surface area contributed by atoms with Crippen molar-refractivity contribution in [2.75, 3.05) is 19.4 Å². The van der Waals surface area contributed by atoms with Crippen molar-refractivity contribution in [1.29, 1.82) is 0 Å². The lowest BCUT2D eigenvalue weighted by atomic mass is 10.1. The minimum Gasteiger partial charge on any atom is -0.490 e. The van der Waals surface area contributed by atoms with Crippen LogP contribution in [0.2, 0.25) is 18.1 Å². The first-order chi connectivity index (χ1) is 14.2. The Balaban J connectivity index is 2.08. The molecule has 1 aromatic carbocycles. The highest BCUT2D eigenvalue weighted by atomic mass is 32.2. The van der Waals surface area contributed by atoms with E-state index in [1.807, 2.05) is 51.3 Å². The highest BCUT2D eigenvalue weighted by Crippen LogP contribution is 2.37. The Hall–Kier alpha value is -1.51. The van der Waals surface area contributed by atoms with Crippen LogP contribution in [0.1, 0.15) is 53.1 Å². The van der Waals surface area contributed by atoms with Crippen LogP contribution in [0.15, 0.2) is 29.3 Å². The number of esters is 1. The van der Waals surface area contributed by atoms with Crippen molar-refractivity contribution in [3.63, 3.8) is 0 Å². The molecular weight excluding hydrogens is 428 g/mol. The highest BCUT2D eigenvalue weighted by Gasteiger charge is 2.42. The van der Waals surface area contributed by atoms with E-state index in [0.717, 1.165) is 17.3 Å². The number of amidine groups is 1. The Morgan fingerprint density at radius 3 is 2.29 bits per heavy atom. The van der Waals surface area contributed by atoms with E-state index in [-0.39, 0.29) is 23.7 Å². The summed E-state index contributed by atoms with van der Waals surface area (Å²) in [5.74, 6) is 0.307. The molecule has 0 saturated heterocycles. The Bertz CT molecular complexity index is 782. The summed E-state index contributed by atoms with van der Waals surface area (Å²) in [5, 5.41) is 4.23. The average Bonchev–Trinajstić information content (AvgIpc) is 3.12. The molecule has 0 saturated carbocycles. The molecule has 0 aromatic heterocycles. The number of rotatable bonds is 7. The van der Waals surface area contributed by atoms with Gasteiger partial charge in [0.05, 0.1) is 6.04 Å². The van der Waals surface area contributed by atoms with Crippen LogP contribution < -0.4 is 10.1 Å². The molecule has 2 rings (SSSR count). The molecule has 1 aromatic rings. The number of aliphatic imine (C=N–C) groups is 1.